The van der Waals surface area contributed by atoms with Crippen LogP contribution >= 0.6 is 0 Å². The predicted octanol–water partition coefficient (Wildman–Crippen LogP) is -0.0757. The molecule has 0 aromatic rings. The summed E-state index contributed by atoms with van der Waals surface area (Å²) in [7, 11) is 0.0104. The van der Waals surface area contributed by atoms with Crippen LogP contribution in [0.1, 0.15) is 12.8 Å². The minimum absolute atomic E-state index is 0.0104. The second-order valence-electron chi connectivity index (χ2n) is 2.41. The highest BCUT2D eigenvalue weighted by atomic mass is 19.2. The summed E-state index contributed by atoms with van der Waals surface area (Å²) < 4.78 is 23.4. The number of hydrogen-bond donors (Lipinski definition) is 1. The Balaban J connectivity index is 2.11. The molecule has 0 unspecified atom stereocenters. The Hall–Kier alpha value is -0.195. The molecule has 1 rings (SSSR count). The van der Waals surface area contributed by atoms with Crippen molar-refractivity contribution in [3.8, 4) is 0 Å². The molecule has 1 fully saturated rings. The number of hydrogen-bond acceptors (Lipinski definition) is 3. The highest BCUT2D eigenvalue weighted by Gasteiger charge is 2.17. The first-order valence-corrected chi connectivity index (χ1v) is 3.35. The third-order valence-corrected chi connectivity index (χ3v) is 1.61. The minimum Gasteiger partial charge on any atom is -0.328 e. The van der Waals surface area contributed by atoms with Crippen LogP contribution in [0, 0.1) is 0 Å². The maximum atomic E-state index is 12.1. The molecule has 0 saturated carbocycles. The molecule has 58 valence electrons. The first-order valence-electron chi connectivity index (χ1n) is 3.35. The average molecular weight is 149 g/mol. The molecule has 1 aliphatic rings. The van der Waals surface area contributed by atoms with E-state index in [-0.39, 0.29) is 12.7 Å². The summed E-state index contributed by atoms with van der Waals surface area (Å²) in [6, 6.07) is 0. The maximum absolute atomic E-state index is 12.1. The summed E-state index contributed by atoms with van der Waals surface area (Å²) in [6.07, 6.45) is 2.17. The van der Waals surface area contributed by atoms with Crippen molar-refractivity contribution in [2.45, 2.75) is 12.8 Å². The van der Waals surface area contributed by atoms with Crippen molar-refractivity contribution in [1.29, 1.82) is 0 Å². The number of halogens is 2. The SMILES string of the molecule is FNN(F)BN1CCCC1. The maximum Gasteiger partial charge on any atom is 0.352 e. The average Bonchev–Trinajstić information content (AvgIpc) is 2.40. The van der Waals surface area contributed by atoms with Crippen LogP contribution < -0.4 is 5.65 Å². The van der Waals surface area contributed by atoms with Crippen LogP contribution in [0.3, 0.4) is 0 Å². The lowest BCUT2D eigenvalue weighted by atomic mass is 10.1. The van der Waals surface area contributed by atoms with Gasteiger partial charge < -0.3 is 4.81 Å². The highest BCUT2D eigenvalue weighted by Crippen LogP contribution is 2.05. The van der Waals surface area contributed by atoms with Gasteiger partial charge in [0.2, 0.25) is 0 Å². The lowest BCUT2D eigenvalue weighted by Gasteiger charge is -2.14. The van der Waals surface area contributed by atoms with Gasteiger partial charge in [-0.3, -0.25) is 0 Å². The van der Waals surface area contributed by atoms with Crippen LogP contribution in [0.2, 0.25) is 0 Å². The van der Waals surface area contributed by atoms with Gasteiger partial charge in [0.1, 0.15) is 0 Å². The largest absolute Gasteiger partial charge is 0.352 e. The van der Waals surface area contributed by atoms with Crippen LogP contribution in [0.15, 0.2) is 0 Å². The van der Waals surface area contributed by atoms with Gasteiger partial charge in [0.15, 0.2) is 0 Å². The zero-order chi connectivity index (χ0) is 7.40. The van der Waals surface area contributed by atoms with Crippen molar-refractivity contribution in [3.63, 3.8) is 0 Å². The third-order valence-electron chi connectivity index (χ3n) is 1.61. The van der Waals surface area contributed by atoms with Gasteiger partial charge in [0, 0.05) is 0 Å². The zero-order valence-corrected chi connectivity index (χ0v) is 5.69. The molecule has 0 aromatic carbocycles. The van der Waals surface area contributed by atoms with Crippen molar-refractivity contribution in [3.05, 3.63) is 0 Å². The van der Waals surface area contributed by atoms with Gasteiger partial charge in [-0.2, -0.15) is 0 Å². The molecule has 1 saturated heterocycles. The van der Waals surface area contributed by atoms with Crippen molar-refractivity contribution in [2.75, 3.05) is 13.1 Å². The minimum atomic E-state index is -0.0642. The second-order valence-corrected chi connectivity index (χ2v) is 2.41. The van der Waals surface area contributed by atoms with Crippen LogP contribution in [-0.2, 0) is 0 Å². The Morgan fingerprint density at radius 2 is 2.00 bits per heavy atom. The summed E-state index contributed by atoms with van der Waals surface area (Å²) in [5.74, 6) is 0. The van der Waals surface area contributed by atoms with Gasteiger partial charge in [0.05, 0.1) is 0 Å². The van der Waals surface area contributed by atoms with Gasteiger partial charge in [-0.05, 0) is 25.9 Å². The van der Waals surface area contributed by atoms with E-state index in [0.717, 1.165) is 31.6 Å². The van der Waals surface area contributed by atoms with Crippen molar-refractivity contribution < 1.29 is 8.96 Å². The fourth-order valence-electron chi connectivity index (χ4n) is 1.13. The van der Waals surface area contributed by atoms with Crippen molar-refractivity contribution in [2.24, 2.45) is 0 Å². The molecule has 10 heavy (non-hydrogen) atoms. The lowest BCUT2D eigenvalue weighted by Crippen LogP contribution is -2.39. The van der Waals surface area contributed by atoms with Gasteiger partial charge >= 0.3 is 7.55 Å². The van der Waals surface area contributed by atoms with Crippen LogP contribution in [0.4, 0.5) is 8.96 Å². The van der Waals surface area contributed by atoms with Gasteiger partial charge in [0.25, 0.3) is 0 Å². The zero-order valence-electron chi connectivity index (χ0n) is 5.69. The Bertz CT molecular complexity index is 98.5. The predicted molar refractivity (Wildman–Crippen MR) is 35.1 cm³/mol. The third kappa shape index (κ3) is 2.20. The fraction of sp³-hybridized carbons (Fsp3) is 1.00. The van der Waals surface area contributed by atoms with Crippen LogP contribution in [0.5, 0.6) is 0 Å². The molecule has 3 nitrogen and oxygen atoms in total. The molecule has 0 radical (unpaired) electrons. The molecule has 0 bridgehead atoms. The van der Waals surface area contributed by atoms with E-state index in [4.69, 9.17) is 0 Å². The molecule has 0 aromatic heterocycles. The monoisotopic (exact) mass is 149 g/mol. The Labute approximate surface area is 59.1 Å². The second kappa shape index (κ2) is 3.85. The molecule has 1 heterocycles. The van der Waals surface area contributed by atoms with Crippen molar-refractivity contribution >= 4 is 7.55 Å². The number of hydrazine groups is 1. The van der Waals surface area contributed by atoms with E-state index in [1.165, 1.54) is 0 Å². The lowest BCUT2D eigenvalue weighted by molar-refractivity contribution is -0.0194. The first kappa shape index (κ1) is 7.91. The van der Waals surface area contributed by atoms with E-state index in [1.54, 1.807) is 0 Å². The standard InChI is InChI=1S/C4H10BF2N3/c6-8-10(7)5-9-3-1-2-4-9/h5,8H,1-4H2. The van der Waals surface area contributed by atoms with Gasteiger partial charge in [-0.15, -0.1) is 8.96 Å². The van der Waals surface area contributed by atoms with Crippen LogP contribution in [0.25, 0.3) is 0 Å². The van der Waals surface area contributed by atoms with Crippen LogP contribution in [-0.4, -0.2) is 30.6 Å². The van der Waals surface area contributed by atoms with E-state index >= 15 is 0 Å². The molecular weight excluding hydrogens is 139 g/mol. The van der Waals surface area contributed by atoms with E-state index in [0.29, 0.717) is 0 Å². The molecule has 0 spiro atoms. The Morgan fingerprint density at radius 3 is 2.50 bits per heavy atom. The summed E-state index contributed by atoms with van der Waals surface area (Å²) >= 11 is 0. The smallest absolute Gasteiger partial charge is 0.328 e. The summed E-state index contributed by atoms with van der Waals surface area (Å²) in [5.41, 5.74) is 0.917. The topological polar surface area (TPSA) is 18.5 Å². The molecule has 1 N–H and O–H groups in total. The van der Waals surface area contributed by atoms with E-state index in [2.05, 4.69) is 0 Å². The summed E-state index contributed by atoms with van der Waals surface area (Å²) in [6.45, 7) is 1.73. The molecule has 0 atom stereocenters. The summed E-state index contributed by atoms with van der Waals surface area (Å²) in [4.78, 5) is 1.84. The Kier molecular flexibility index (Phi) is 3.04. The Morgan fingerprint density at radius 1 is 1.40 bits per heavy atom. The molecule has 6 heteroatoms. The van der Waals surface area contributed by atoms with Gasteiger partial charge in [-0.1, -0.05) is 10.8 Å². The normalized spacial score (nSPS) is 20.3. The summed E-state index contributed by atoms with van der Waals surface area (Å²) in [5, 5.41) is -0.0642. The van der Waals surface area contributed by atoms with Crippen molar-refractivity contribution in [1.82, 2.24) is 15.6 Å². The quantitative estimate of drug-likeness (QED) is 0.344. The molecule has 1 aliphatic heterocycles. The number of nitrogens with zero attached hydrogens (tertiary/aromatic N) is 2. The number of rotatable bonds is 3. The van der Waals surface area contributed by atoms with E-state index < -0.39 is 0 Å². The van der Waals surface area contributed by atoms with E-state index in [9.17, 15) is 8.96 Å². The fourth-order valence-corrected chi connectivity index (χ4v) is 1.13. The molecule has 0 amide bonds. The molecule has 0 aliphatic carbocycles. The molecular formula is C4H10BF2N3. The van der Waals surface area contributed by atoms with Gasteiger partial charge in [-0.25, -0.2) is 0 Å². The first-order chi connectivity index (χ1) is 4.83. The highest BCUT2D eigenvalue weighted by molar-refractivity contribution is 6.27. The van der Waals surface area contributed by atoms with E-state index in [1.807, 2.05) is 4.81 Å². The number of nitrogens with one attached hydrogen (secondary N) is 1.